The number of amides is 1. The van der Waals surface area contributed by atoms with E-state index < -0.39 is 23.1 Å². The van der Waals surface area contributed by atoms with Gasteiger partial charge in [-0.05, 0) is 30.0 Å². The fraction of sp³-hybridized carbons (Fsp3) is 0.429. The molecule has 1 rings (SSSR count). The molecule has 1 aromatic rings. The summed E-state index contributed by atoms with van der Waals surface area (Å²) in [6, 6.07) is 3.86. The predicted molar refractivity (Wildman–Crippen MR) is 75.3 cm³/mol. The van der Waals surface area contributed by atoms with E-state index in [4.69, 9.17) is 16.7 Å². The maximum Gasteiger partial charge on any atom is 0.303 e. The normalized spacial score (nSPS) is 13.6. The number of aliphatic carboxylic acids is 1. The van der Waals surface area contributed by atoms with Gasteiger partial charge >= 0.3 is 5.97 Å². The van der Waals surface area contributed by atoms with Gasteiger partial charge in [-0.25, -0.2) is 4.39 Å². The zero-order chi connectivity index (χ0) is 15.3. The first-order chi connectivity index (χ1) is 9.25. The molecule has 110 valence electrons. The lowest BCUT2D eigenvalue weighted by atomic mass is 9.80. The molecule has 0 spiro atoms. The van der Waals surface area contributed by atoms with Gasteiger partial charge in [0.2, 0.25) is 5.91 Å². The van der Waals surface area contributed by atoms with Gasteiger partial charge in [0, 0.05) is 11.4 Å². The highest BCUT2D eigenvalue weighted by Gasteiger charge is 2.28. The lowest BCUT2D eigenvalue weighted by Gasteiger charge is -2.25. The largest absolute Gasteiger partial charge is 0.481 e. The quantitative estimate of drug-likeness (QED) is 0.842. The number of nitrogens with one attached hydrogen (secondary N) is 1. The number of hydrogen-bond donors (Lipinski definition) is 2. The molecule has 0 aromatic heterocycles. The first kappa shape index (κ1) is 16.4. The Morgan fingerprint density at radius 2 is 2.05 bits per heavy atom. The molecule has 0 saturated carbocycles. The Balaban J connectivity index is 2.76. The number of halogens is 2. The van der Waals surface area contributed by atoms with E-state index >= 15 is 0 Å². The zero-order valence-electron chi connectivity index (χ0n) is 11.4. The van der Waals surface area contributed by atoms with Crippen LogP contribution in [0.4, 0.5) is 10.1 Å². The van der Waals surface area contributed by atoms with E-state index in [0.29, 0.717) is 11.4 Å². The SMILES string of the molecule is CC[C@](C)(CC(=O)O)CC(=O)Nc1cc(Cl)ccc1F. The zero-order valence-corrected chi connectivity index (χ0v) is 12.1. The van der Waals surface area contributed by atoms with Crippen LogP contribution in [-0.2, 0) is 9.59 Å². The number of carboxylic acids is 1. The molecular weight excluding hydrogens is 285 g/mol. The molecule has 0 aliphatic heterocycles. The van der Waals surface area contributed by atoms with Crippen molar-refractivity contribution in [3.63, 3.8) is 0 Å². The predicted octanol–water partition coefficient (Wildman–Crippen LogP) is 3.70. The van der Waals surface area contributed by atoms with Crippen molar-refractivity contribution in [1.82, 2.24) is 0 Å². The van der Waals surface area contributed by atoms with Crippen molar-refractivity contribution in [1.29, 1.82) is 0 Å². The van der Waals surface area contributed by atoms with Gasteiger partial charge in [-0.2, -0.15) is 0 Å². The molecule has 20 heavy (non-hydrogen) atoms. The highest BCUT2D eigenvalue weighted by Crippen LogP contribution is 2.31. The molecule has 0 aliphatic rings. The number of anilines is 1. The van der Waals surface area contributed by atoms with Gasteiger partial charge in [-0.1, -0.05) is 25.4 Å². The summed E-state index contributed by atoms with van der Waals surface area (Å²) in [7, 11) is 0. The third kappa shape index (κ3) is 4.81. The Bertz CT molecular complexity index is 521. The summed E-state index contributed by atoms with van der Waals surface area (Å²) in [5.74, 6) is -1.98. The minimum atomic E-state index is -0.962. The van der Waals surface area contributed by atoms with Crippen LogP contribution in [0, 0.1) is 11.2 Å². The smallest absolute Gasteiger partial charge is 0.303 e. The van der Waals surface area contributed by atoms with Crippen LogP contribution in [0.15, 0.2) is 18.2 Å². The van der Waals surface area contributed by atoms with Gasteiger partial charge in [0.05, 0.1) is 12.1 Å². The molecule has 1 atom stereocenters. The van der Waals surface area contributed by atoms with Gasteiger partial charge in [-0.15, -0.1) is 0 Å². The summed E-state index contributed by atoms with van der Waals surface area (Å²) >= 11 is 5.73. The number of benzene rings is 1. The molecule has 6 heteroatoms. The Morgan fingerprint density at radius 3 is 2.60 bits per heavy atom. The molecule has 0 radical (unpaired) electrons. The summed E-state index contributed by atoms with van der Waals surface area (Å²) in [5, 5.41) is 11.6. The highest BCUT2D eigenvalue weighted by molar-refractivity contribution is 6.30. The number of carboxylic acid groups (broad SMARTS) is 1. The molecule has 2 N–H and O–H groups in total. The van der Waals surface area contributed by atoms with Crippen LogP contribution < -0.4 is 5.32 Å². The van der Waals surface area contributed by atoms with Crippen molar-refractivity contribution in [2.45, 2.75) is 33.1 Å². The van der Waals surface area contributed by atoms with E-state index in [9.17, 15) is 14.0 Å². The molecule has 0 unspecified atom stereocenters. The van der Waals surface area contributed by atoms with Crippen molar-refractivity contribution in [2.75, 3.05) is 5.32 Å². The molecule has 1 amide bonds. The molecular formula is C14H17ClFNO3. The lowest BCUT2D eigenvalue weighted by Crippen LogP contribution is -2.27. The molecule has 4 nitrogen and oxygen atoms in total. The standard InChI is InChI=1S/C14H17ClFNO3/c1-3-14(2,8-13(19)20)7-12(18)17-11-6-9(15)4-5-10(11)16/h4-6H,3,7-8H2,1-2H3,(H,17,18)(H,19,20)/t14-/m0/s1. The van der Waals surface area contributed by atoms with E-state index in [1.807, 2.05) is 6.92 Å². The van der Waals surface area contributed by atoms with Crippen molar-refractivity contribution in [3.8, 4) is 0 Å². The lowest BCUT2D eigenvalue weighted by molar-refractivity contribution is -0.140. The Morgan fingerprint density at radius 1 is 1.40 bits per heavy atom. The monoisotopic (exact) mass is 301 g/mol. The van der Waals surface area contributed by atoms with Gasteiger partial charge < -0.3 is 10.4 Å². The summed E-state index contributed by atoms with van der Waals surface area (Å²) in [4.78, 5) is 22.7. The van der Waals surface area contributed by atoms with Crippen molar-refractivity contribution >= 4 is 29.2 Å². The van der Waals surface area contributed by atoms with Crippen molar-refractivity contribution in [3.05, 3.63) is 29.0 Å². The number of rotatable bonds is 6. The molecule has 0 heterocycles. The van der Waals surface area contributed by atoms with Gasteiger partial charge in [0.15, 0.2) is 0 Å². The molecule has 0 saturated heterocycles. The van der Waals surface area contributed by atoms with Gasteiger partial charge in [-0.3, -0.25) is 9.59 Å². The van der Waals surface area contributed by atoms with Crippen LogP contribution >= 0.6 is 11.6 Å². The second kappa shape index (κ2) is 6.70. The van der Waals surface area contributed by atoms with Crippen LogP contribution in [0.25, 0.3) is 0 Å². The second-order valence-corrected chi connectivity index (χ2v) is 5.52. The summed E-state index contributed by atoms with van der Waals surface area (Å²) in [6.07, 6.45) is 0.418. The van der Waals surface area contributed by atoms with E-state index in [2.05, 4.69) is 5.32 Å². The van der Waals surface area contributed by atoms with E-state index in [-0.39, 0.29) is 18.5 Å². The fourth-order valence-electron chi connectivity index (χ4n) is 1.85. The summed E-state index contributed by atoms with van der Waals surface area (Å²) < 4.78 is 13.5. The molecule has 0 aliphatic carbocycles. The minimum Gasteiger partial charge on any atom is -0.481 e. The topological polar surface area (TPSA) is 66.4 Å². The fourth-order valence-corrected chi connectivity index (χ4v) is 2.02. The number of carbonyl (C=O) groups is 2. The van der Waals surface area contributed by atoms with Crippen molar-refractivity contribution in [2.24, 2.45) is 5.41 Å². The maximum absolute atomic E-state index is 13.5. The second-order valence-electron chi connectivity index (χ2n) is 5.08. The van der Waals surface area contributed by atoms with Crippen molar-refractivity contribution < 1.29 is 19.1 Å². The molecule has 1 aromatic carbocycles. The Hall–Kier alpha value is -1.62. The summed E-state index contributed by atoms with van der Waals surface area (Å²) in [5.41, 5.74) is -0.665. The first-order valence-corrected chi connectivity index (χ1v) is 6.60. The van der Waals surface area contributed by atoms with Crippen LogP contribution in [0.3, 0.4) is 0 Å². The average molecular weight is 302 g/mol. The Kier molecular flexibility index (Phi) is 5.51. The van der Waals surface area contributed by atoms with Crippen LogP contribution in [-0.4, -0.2) is 17.0 Å². The van der Waals surface area contributed by atoms with E-state index in [1.54, 1.807) is 6.92 Å². The van der Waals surface area contributed by atoms with Crippen LogP contribution in [0.5, 0.6) is 0 Å². The van der Waals surface area contributed by atoms with Crippen LogP contribution in [0.1, 0.15) is 33.1 Å². The Labute approximate surface area is 121 Å². The maximum atomic E-state index is 13.5. The van der Waals surface area contributed by atoms with E-state index in [1.165, 1.54) is 12.1 Å². The minimum absolute atomic E-state index is 0.00174. The van der Waals surface area contributed by atoms with Crippen LogP contribution in [0.2, 0.25) is 5.02 Å². The summed E-state index contributed by atoms with van der Waals surface area (Å²) in [6.45, 7) is 3.53. The molecule has 0 fully saturated rings. The third-order valence-electron chi connectivity index (χ3n) is 3.22. The highest BCUT2D eigenvalue weighted by atomic mass is 35.5. The number of hydrogen-bond acceptors (Lipinski definition) is 2. The third-order valence-corrected chi connectivity index (χ3v) is 3.46. The van der Waals surface area contributed by atoms with Gasteiger partial charge in [0.25, 0.3) is 0 Å². The van der Waals surface area contributed by atoms with E-state index in [0.717, 1.165) is 6.07 Å². The molecule has 0 bridgehead atoms. The number of carbonyl (C=O) groups excluding carboxylic acids is 1. The first-order valence-electron chi connectivity index (χ1n) is 6.22. The van der Waals surface area contributed by atoms with Gasteiger partial charge in [0.1, 0.15) is 5.82 Å². The average Bonchev–Trinajstić information content (AvgIpc) is 2.32.